The van der Waals surface area contributed by atoms with Gasteiger partial charge in [0.2, 0.25) is 0 Å². The number of ether oxygens (including phenoxy) is 1. The molecule has 1 aromatic carbocycles. The van der Waals surface area contributed by atoms with E-state index < -0.39 is 15.7 Å². The maximum absolute atomic E-state index is 12.3. The molecule has 0 radical (unpaired) electrons. The summed E-state index contributed by atoms with van der Waals surface area (Å²) in [6, 6.07) is 9.46. The smallest absolute Gasteiger partial charge is 0.271 e. The predicted octanol–water partition coefficient (Wildman–Crippen LogP) is 2.20. The fourth-order valence-corrected chi connectivity index (χ4v) is 3.69. The van der Waals surface area contributed by atoms with Crippen LogP contribution in [-0.4, -0.2) is 43.1 Å². The highest BCUT2D eigenvalue weighted by molar-refractivity contribution is 7.91. The Morgan fingerprint density at radius 3 is 2.62 bits per heavy atom. The number of sulfone groups is 1. The van der Waals surface area contributed by atoms with Gasteiger partial charge in [-0.15, -0.1) is 0 Å². The van der Waals surface area contributed by atoms with Gasteiger partial charge < -0.3 is 14.5 Å². The molecule has 0 bridgehead atoms. The van der Waals surface area contributed by atoms with Crippen LogP contribution in [0.3, 0.4) is 0 Å². The molecule has 1 N–H and O–H groups in total. The number of amides is 1. The molecule has 26 heavy (non-hydrogen) atoms. The normalized spacial score (nSPS) is 11.5. The van der Waals surface area contributed by atoms with E-state index >= 15 is 0 Å². The number of carbonyl (C=O) groups excluding carboxylic acids is 1. The molecular weight excluding hydrogens is 378 g/mol. The fraction of sp³-hybridized carbons (Fsp3) is 0.176. The van der Waals surface area contributed by atoms with Crippen LogP contribution in [0.4, 0.5) is 0 Å². The van der Waals surface area contributed by atoms with Crippen molar-refractivity contribution in [3.63, 3.8) is 0 Å². The number of rotatable bonds is 6. The van der Waals surface area contributed by atoms with Gasteiger partial charge in [-0.05, 0) is 36.4 Å². The molecule has 2 heterocycles. The van der Waals surface area contributed by atoms with Gasteiger partial charge >= 0.3 is 0 Å². The van der Waals surface area contributed by atoms with Gasteiger partial charge in [0.05, 0.1) is 22.8 Å². The molecule has 3 aromatic rings. The second-order valence-electron chi connectivity index (χ2n) is 5.49. The van der Waals surface area contributed by atoms with Crippen LogP contribution in [0.2, 0.25) is 5.02 Å². The molecule has 1 amide bonds. The number of carbonyl (C=O) groups is 1. The van der Waals surface area contributed by atoms with Crippen LogP contribution >= 0.6 is 11.6 Å². The standard InChI is InChI=1S/C17H16ClN3O4S/c1-25-13-3-5-14(6-4-13)26(23,24)9-8-19-17(22)15-11-21-10-12(18)2-7-16(21)20-15/h2-7,10-11H,8-9H2,1H3,(H,19,22). The lowest BCUT2D eigenvalue weighted by atomic mass is 10.3. The lowest BCUT2D eigenvalue weighted by molar-refractivity contribution is 0.0951. The summed E-state index contributed by atoms with van der Waals surface area (Å²) in [5.74, 6) is -0.0940. The number of pyridine rings is 1. The Kier molecular flexibility index (Phi) is 5.15. The van der Waals surface area contributed by atoms with Crippen molar-refractivity contribution in [3.8, 4) is 5.75 Å². The van der Waals surface area contributed by atoms with Crippen LogP contribution in [-0.2, 0) is 9.84 Å². The van der Waals surface area contributed by atoms with Crippen LogP contribution in [0.25, 0.3) is 5.65 Å². The summed E-state index contributed by atoms with van der Waals surface area (Å²) in [6.07, 6.45) is 3.17. The minimum absolute atomic E-state index is 0.0260. The summed E-state index contributed by atoms with van der Waals surface area (Å²) < 4.78 is 31.2. The summed E-state index contributed by atoms with van der Waals surface area (Å²) in [7, 11) is -2.00. The Balaban J connectivity index is 1.63. The van der Waals surface area contributed by atoms with Gasteiger partial charge in [-0.25, -0.2) is 13.4 Å². The molecule has 0 aliphatic heterocycles. The van der Waals surface area contributed by atoms with Crippen molar-refractivity contribution < 1.29 is 17.9 Å². The molecule has 0 saturated heterocycles. The Morgan fingerprint density at radius 1 is 1.19 bits per heavy atom. The third-order valence-corrected chi connectivity index (χ3v) is 5.68. The fourth-order valence-electron chi connectivity index (χ4n) is 2.36. The highest BCUT2D eigenvalue weighted by Crippen LogP contribution is 2.16. The topological polar surface area (TPSA) is 89.8 Å². The van der Waals surface area contributed by atoms with Crippen molar-refractivity contribution in [3.05, 3.63) is 59.5 Å². The molecular formula is C17H16ClN3O4S. The number of nitrogens with zero attached hydrogens (tertiary/aromatic N) is 2. The van der Waals surface area contributed by atoms with Crippen molar-refractivity contribution in [1.82, 2.24) is 14.7 Å². The van der Waals surface area contributed by atoms with E-state index in [2.05, 4.69) is 10.3 Å². The first kappa shape index (κ1) is 18.2. The van der Waals surface area contributed by atoms with Gasteiger partial charge in [0, 0.05) is 18.9 Å². The number of nitrogens with one attached hydrogen (secondary N) is 1. The quantitative estimate of drug-likeness (QED) is 0.693. The molecule has 0 fully saturated rings. The second-order valence-corrected chi connectivity index (χ2v) is 8.03. The van der Waals surface area contributed by atoms with E-state index in [1.54, 1.807) is 34.9 Å². The van der Waals surface area contributed by atoms with E-state index in [-0.39, 0.29) is 22.9 Å². The Hall–Kier alpha value is -2.58. The number of hydrogen-bond acceptors (Lipinski definition) is 5. The number of fused-ring (bicyclic) bond motifs is 1. The Morgan fingerprint density at radius 2 is 1.92 bits per heavy atom. The highest BCUT2D eigenvalue weighted by atomic mass is 35.5. The lowest BCUT2D eigenvalue weighted by Gasteiger charge is -2.06. The van der Waals surface area contributed by atoms with Gasteiger partial charge in [0.1, 0.15) is 17.1 Å². The number of methoxy groups -OCH3 is 1. The van der Waals surface area contributed by atoms with Crippen molar-refractivity contribution in [2.24, 2.45) is 0 Å². The van der Waals surface area contributed by atoms with E-state index in [1.165, 1.54) is 25.4 Å². The van der Waals surface area contributed by atoms with Gasteiger partial charge in [-0.3, -0.25) is 4.79 Å². The third-order valence-electron chi connectivity index (χ3n) is 3.72. The van der Waals surface area contributed by atoms with Crippen molar-refractivity contribution >= 4 is 33.0 Å². The minimum atomic E-state index is -3.51. The summed E-state index contributed by atoms with van der Waals surface area (Å²) in [5.41, 5.74) is 0.763. The highest BCUT2D eigenvalue weighted by Gasteiger charge is 2.16. The minimum Gasteiger partial charge on any atom is -0.497 e. The molecule has 0 unspecified atom stereocenters. The van der Waals surface area contributed by atoms with Crippen LogP contribution in [0.5, 0.6) is 5.75 Å². The number of aromatic nitrogens is 2. The third kappa shape index (κ3) is 3.97. The molecule has 2 aromatic heterocycles. The molecule has 0 saturated carbocycles. The maximum Gasteiger partial charge on any atom is 0.271 e. The second kappa shape index (κ2) is 7.35. The molecule has 136 valence electrons. The van der Waals surface area contributed by atoms with Gasteiger partial charge in [0.15, 0.2) is 9.84 Å². The molecule has 3 rings (SSSR count). The number of benzene rings is 1. The predicted molar refractivity (Wildman–Crippen MR) is 97.6 cm³/mol. The zero-order valence-corrected chi connectivity index (χ0v) is 15.4. The first-order chi connectivity index (χ1) is 12.4. The van der Waals surface area contributed by atoms with Gasteiger partial charge in [0.25, 0.3) is 5.91 Å². The lowest BCUT2D eigenvalue weighted by Crippen LogP contribution is -2.29. The summed E-state index contributed by atoms with van der Waals surface area (Å²) in [5, 5.41) is 3.09. The van der Waals surface area contributed by atoms with E-state index in [0.29, 0.717) is 16.4 Å². The van der Waals surface area contributed by atoms with Crippen molar-refractivity contribution in [1.29, 1.82) is 0 Å². The number of imidazole rings is 1. The monoisotopic (exact) mass is 393 g/mol. The van der Waals surface area contributed by atoms with E-state index in [0.717, 1.165) is 0 Å². The van der Waals surface area contributed by atoms with E-state index in [1.807, 2.05) is 0 Å². The van der Waals surface area contributed by atoms with Crippen LogP contribution in [0, 0.1) is 0 Å². The summed E-state index contributed by atoms with van der Waals surface area (Å²) in [4.78, 5) is 16.5. The van der Waals surface area contributed by atoms with Crippen molar-refractivity contribution in [2.75, 3.05) is 19.4 Å². The van der Waals surface area contributed by atoms with Crippen LogP contribution < -0.4 is 10.1 Å². The SMILES string of the molecule is COc1ccc(S(=O)(=O)CCNC(=O)c2cn3cc(Cl)ccc3n2)cc1. The number of halogens is 1. The summed E-state index contributed by atoms with van der Waals surface area (Å²) in [6.45, 7) is -0.0260. The Labute approximate surface area is 155 Å². The largest absolute Gasteiger partial charge is 0.497 e. The Bertz CT molecular complexity index is 1050. The average Bonchev–Trinajstić information content (AvgIpc) is 3.04. The molecule has 0 aliphatic rings. The van der Waals surface area contributed by atoms with Crippen molar-refractivity contribution in [2.45, 2.75) is 4.90 Å². The zero-order chi connectivity index (χ0) is 18.7. The number of hydrogen-bond donors (Lipinski definition) is 1. The van der Waals surface area contributed by atoms with Crippen LogP contribution in [0.1, 0.15) is 10.5 Å². The first-order valence-electron chi connectivity index (χ1n) is 7.68. The molecule has 0 aliphatic carbocycles. The van der Waals surface area contributed by atoms with Gasteiger partial charge in [-0.1, -0.05) is 11.6 Å². The molecule has 7 nitrogen and oxygen atoms in total. The zero-order valence-electron chi connectivity index (χ0n) is 13.8. The summed E-state index contributed by atoms with van der Waals surface area (Å²) >= 11 is 5.89. The van der Waals surface area contributed by atoms with E-state index in [9.17, 15) is 13.2 Å². The van der Waals surface area contributed by atoms with Crippen LogP contribution in [0.15, 0.2) is 53.7 Å². The first-order valence-corrected chi connectivity index (χ1v) is 9.71. The molecule has 0 atom stereocenters. The maximum atomic E-state index is 12.3. The molecule has 0 spiro atoms. The molecule has 9 heteroatoms. The van der Waals surface area contributed by atoms with Gasteiger partial charge in [-0.2, -0.15) is 0 Å². The average molecular weight is 394 g/mol. The van der Waals surface area contributed by atoms with E-state index in [4.69, 9.17) is 16.3 Å².